The molecule has 2 aromatic rings. The molecule has 0 unspecified atom stereocenters. The molecule has 1 saturated carbocycles. The number of carbonyl (C=O) groups excluding carboxylic acids is 1. The molecule has 2 fully saturated rings. The van der Waals surface area contributed by atoms with Crippen LogP contribution in [0.15, 0.2) is 30.3 Å². The third-order valence-corrected chi connectivity index (χ3v) is 4.97. The number of nitrogens with zero attached hydrogens (tertiary/aromatic N) is 3. The number of hydrogen-bond acceptors (Lipinski definition) is 3. The van der Waals surface area contributed by atoms with Gasteiger partial charge < -0.3 is 9.80 Å². The fourth-order valence-corrected chi connectivity index (χ4v) is 3.38. The molecule has 23 heavy (non-hydrogen) atoms. The molecule has 0 spiro atoms. The summed E-state index contributed by atoms with van der Waals surface area (Å²) in [6, 6.07) is 10.1. The van der Waals surface area contributed by atoms with E-state index in [0.717, 1.165) is 54.8 Å². The Morgan fingerprint density at radius 1 is 1.13 bits per heavy atom. The molecule has 1 aliphatic heterocycles. The first-order valence-corrected chi connectivity index (χ1v) is 8.60. The number of aromatic nitrogens is 1. The van der Waals surface area contributed by atoms with Crippen LogP contribution in [0.2, 0.25) is 0 Å². The summed E-state index contributed by atoms with van der Waals surface area (Å²) in [7, 11) is 2.13. The van der Waals surface area contributed by atoms with Crippen LogP contribution in [0.25, 0.3) is 10.9 Å². The Bertz CT molecular complexity index is 738. The Morgan fingerprint density at radius 3 is 2.78 bits per heavy atom. The number of rotatable bonds is 2. The number of amides is 1. The van der Waals surface area contributed by atoms with Crippen molar-refractivity contribution in [3.05, 3.63) is 41.6 Å². The zero-order valence-corrected chi connectivity index (χ0v) is 13.7. The Kier molecular flexibility index (Phi) is 3.77. The average Bonchev–Trinajstić information content (AvgIpc) is 3.41. The molecular formula is C19H23N3O. The standard InChI is InChI=1S/C19H23N3O/c1-21-9-4-10-22(12-11-21)19(23)16-13-18(14-7-8-14)20-17-6-3-2-5-15(16)17/h2-3,5-6,13-14H,4,7-12H2,1H3. The molecule has 2 aliphatic rings. The fourth-order valence-electron chi connectivity index (χ4n) is 3.38. The Labute approximate surface area is 137 Å². The van der Waals surface area contributed by atoms with Crippen molar-refractivity contribution in [1.29, 1.82) is 0 Å². The Balaban J connectivity index is 1.72. The minimum absolute atomic E-state index is 0.167. The van der Waals surface area contributed by atoms with Gasteiger partial charge in [-0.15, -0.1) is 0 Å². The number of hydrogen-bond donors (Lipinski definition) is 0. The van der Waals surface area contributed by atoms with Gasteiger partial charge in [-0.25, -0.2) is 0 Å². The second-order valence-electron chi connectivity index (χ2n) is 6.84. The van der Waals surface area contributed by atoms with E-state index in [9.17, 15) is 4.79 Å². The minimum Gasteiger partial charge on any atom is -0.337 e. The van der Waals surface area contributed by atoms with Crippen LogP contribution >= 0.6 is 0 Å². The van der Waals surface area contributed by atoms with E-state index < -0.39 is 0 Å². The molecule has 0 bridgehead atoms. The summed E-state index contributed by atoms with van der Waals surface area (Å²) in [5.74, 6) is 0.724. The summed E-state index contributed by atoms with van der Waals surface area (Å²) < 4.78 is 0. The van der Waals surface area contributed by atoms with Gasteiger partial charge in [0.05, 0.1) is 11.1 Å². The molecule has 4 heteroatoms. The largest absolute Gasteiger partial charge is 0.337 e. The first-order valence-electron chi connectivity index (χ1n) is 8.60. The molecule has 1 aromatic heterocycles. The van der Waals surface area contributed by atoms with Crippen LogP contribution in [0, 0.1) is 0 Å². The van der Waals surface area contributed by atoms with Crippen molar-refractivity contribution in [2.45, 2.75) is 25.2 Å². The van der Waals surface area contributed by atoms with E-state index in [1.807, 2.05) is 29.2 Å². The average molecular weight is 309 g/mol. The lowest BCUT2D eigenvalue weighted by atomic mass is 10.0. The maximum atomic E-state index is 13.1. The zero-order valence-electron chi connectivity index (χ0n) is 13.7. The normalized spacial score (nSPS) is 19.8. The van der Waals surface area contributed by atoms with Crippen molar-refractivity contribution in [1.82, 2.24) is 14.8 Å². The summed E-state index contributed by atoms with van der Waals surface area (Å²) in [6.45, 7) is 3.67. The van der Waals surface area contributed by atoms with Gasteiger partial charge in [0.2, 0.25) is 0 Å². The number of fused-ring (bicyclic) bond motifs is 1. The molecule has 0 atom stereocenters. The predicted octanol–water partition coefficient (Wildman–Crippen LogP) is 2.89. The molecular weight excluding hydrogens is 286 g/mol. The van der Waals surface area contributed by atoms with Crippen LogP contribution in [0.5, 0.6) is 0 Å². The molecule has 1 aliphatic carbocycles. The van der Waals surface area contributed by atoms with Gasteiger partial charge in [-0.1, -0.05) is 18.2 Å². The van der Waals surface area contributed by atoms with Crippen LogP contribution in [0.4, 0.5) is 0 Å². The van der Waals surface area contributed by atoms with E-state index in [1.54, 1.807) is 0 Å². The lowest BCUT2D eigenvalue weighted by molar-refractivity contribution is 0.0764. The van der Waals surface area contributed by atoms with Crippen molar-refractivity contribution in [2.75, 3.05) is 33.2 Å². The molecule has 4 nitrogen and oxygen atoms in total. The SMILES string of the molecule is CN1CCCN(C(=O)c2cc(C3CC3)nc3ccccc23)CC1. The van der Waals surface area contributed by atoms with Gasteiger partial charge >= 0.3 is 0 Å². The number of carbonyl (C=O) groups is 1. The summed E-state index contributed by atoms with van der Waals surface area (Å²) in [5, 5.41) is 0.986. The van der Waals surface area contributed by atoms with Gasteiger partial charge in [0.25, 0.3) is 5.91 Å². The predicted molar refractivity (Wildman–Crippen MR) is 91.7 cm³/mol. The highest BCUT2D eigenvalue weighted by atomic mass is 16.2. The van der Waals surface area contributed by atoms with Crippen LogP contribution in [-0.2, 0) is 0 Å². The first-order chi connectivity index (χ1) is 11.2. The van der Waals surface area contributed by atoms with Gasteiger partial charge in [-0.2, -0.15) is 0 Å². The molecule has 1 amide bonds. The highest BCUT2D eigenvalue weighted by molar-refractivity contribution is 6.06. The lowest BCUT2D eigenvalue weighted by Gasteiger charge is -2.21. The number of pyridine rings is 1. The van der Waals surface area contributed by atoms with Crippen molar-refractivity contribution >= 4 is 16.8 Å². The lowest BCUT2D eigenvalue weighted by Crippen LogP contribution is -2.34. The monoisotopic (exact) mass is 309 g/mol. The van der Waals surface area contributed by atoms with Crippen LogP contribution < -0.4 is 0 Å². The van der Waals surface area contributed by atoms with Gasteiger partial charge in [0.15, 0.2) is 0 Å². The molecule has 0 N–H and O–H groups in total. The highest BCUT2D eigenvalue weighted by Crippen LogP contribution is 2.40. The van der Waals surface area contributed by atoms with Gasteiger partial charge in [0.1, 0.15) is 0 Å². The first kappa shape index (κ1) is 14.6. The molecule has 4 rings (SSSR count). The van der Waals surface area contributed by atoms with Gasteiger partial charge in [0, 0.05) is 36.6 Å². The van der Waals surface area contributed by atoms with Gasteiger partial charge in [-0.05, 0) is 45.0 Å². The number of benzene rings is 1. The summed E-state index contributed by atoms with van der Waals surface area (Å²) in [4.78, 5) is 22.2. The topological polar surface area (TPSA) is 36.4 Å². The van der Waals surface area contributed by atoms with E-state index in [-0.39, 0.29) is 5.91 Å². The van der Waals surface area contributed by atoms with Crippen LogP contribution in [0.1, 0.15) is 41.2 Å². The molecule has 1 aromatic carbocycles. The minimum atomic E-state index is 0.167. The molecule has 1 saturated heterocycles. The maximum Gasteiger partial charge on any atom is 0.254 e. The zero-order chi connectivity index (χ0) is 15.8. The van der Waals surface area contributed by atoms with Gasteiger partial charge in [-0.3, -0.25) is 9.78 Å². The fraction of sp³-hybridized carbons (Fsp3) is 0.474. The van der Waals surface area contributed by atoms with E-state index in [2.05, 4.69) is 18.0 Å². The van der Waals surface area contributed by atoms with Crippen molar-refractivity contribution in [2.24, 2.45) is 0 Å². The second kappa shape index (κ2) is 5.93. The Morgan fingerprint density at radius 2 is 1.96 bits per heavy atom. The van der Waals surface area contributed by atoms with E-state index in [0.29, 0.717) is 5.92 Å². The second-order valence-corrected chi connectivity index (χ2v) is 6.84. The summed E-state index contributed by atoms with van der Waals surface area (Å²) >= 11 is 0. The van der Waals surface area contributed by atoms with E-state index in [4.69, 9.17) is 4.98 Å². The maximum absolute atomic E-state index is 13.1. The van der Waals surface area contributed by atoms with Crippen molar-refractivity contribution < 1.29 is 4.79 Å². The molecule has 120 valence electrons. The third-order valence-electron chi connectivity index (χ3n) is 4.97. The number of para-hydroxylation sites is 1. The van der Waals surface area contributed by atoms with Crippen LogP contribution in [0.3, 0.4) is 0 Å². The summed E-state index contributed by atoms with van der Waals surface area (Å²) in [6.07, 6.45) is 3.45. The van der Waals surface area contributed by atoms with Crippen molar-refractivity contribution in [3.63, 3.8) is 0 Å². The quantitative estimate of drug-likeness (QED) is 0.856. The smallest absolute Gasteiger partial charge is 0.254 e. The molecule has 2 heterocycles. The highest BCUT2D eigenvalue weighted by Gasteiger charge is 2.28. The third kappa shape index (κ3) is 2.95. The van der Waals surface area contributed by atoms with E-state index >= 15 is 0 Å². The van der Waals surface area contributed by atoms with Crippen molar-refractivity contribution in [3.8, 4) is 0 Å². The number of likely N-dealkylation sites (N-methyl/N-ethyl adjacent to an activating group) is 1. The summed E-state index contributed by atoms with van der Waals surface area (Å²) in [5.41, 5.74) is 2.88. The van der Waals surface area contributed by atoms with E-state index in [1.165, 1.54) is 12.8 Å². The van der Waals surface area contributed by atoms with Crippen LogP contribution in [-0.4, -0.2) is 53.9 Å². The Hall–Kier alpha value is -1.94. The molecule has 0 radical (unpaired) electrons.